The molecule has 0 heterocycles. The van der Waals surface area contributed by atoms with Gasteiger partial charge in [-0.25, -0.2) is 0 Å². The van der Waals surface area contributed by atoms with Crippen LogP contribution in [0.5, 0.6) is 11.5 Å². The smallest absolute Gasteiger partial charge is 0.244 e. The van der Waals surface area contributed by atoms with Crippen LogP contribution in [0.2, 0.25) is 5.02 Å². The van der Waals surface area contributed by atoms with Gasteiger partial charge in [0.2, 0.25) is 5.91 Å². The molecule has 0 saturated carbocycles. The molecule has 0 fully saturated rings. The first-order valence-corrected chi connectivity index (χ1v) is 8.40. The van der Waals surface area contributed by atoms with E-state index in [1.807, 2.05) is 13.0 Å². The number of carbonyl (C=O) groups is 1. The summed E-state index contributed by atoms with van der Waals surface area (Å²) >= 11 is 6.19. The van der Waals surface area contributed by atoms with E-state index in [2.05, 4.69) is 11.4 Å². The molecule has 1 N–H and O–H groups in total. The third-order valence-electron chi connectivity index (χ3n) is 3.49. The Labute approximate surface area is 157 Å². The number of nitrogens with one attached hydrogen (secondary N) is 1. The van der Waals surface area contributed by atoms with E-state index in [0.29, 0.717) is 35.2 Å². The quantitative estimate of drug-likeness (QED) is 0.749. The van der Waals surface area contributed by atoms with Gasteiger partial charge in [0.25, 0.3) is 0 Å². The van der Waals surface area contributed by atoms with Crippen LogP contribution in [0.25, 0.3) is 6.08 Å². The van der Waals surface area contributed by atoms with Crippen LogP contribution in [0.3, 0.4) is 0 Å². The molecule has 26 heavy (non-hydrogen) atoms. The number of nitrogens with zero attached hydrogens (tertiary/aromatic N) is 1. The van der Waals surface area contributed by atoms with Crippen LogP contribution >= 0.6 is 11.6 Å². The lowest BCUT2D eigenvalue weighted by Gasteiger charge is -2.11. The first kappa shape index (κ1) is 19.4. The number of nitriles is 1. The summed E-state index contributed by atoms with van der Waals surface area (Å²) in [7, 11) is 1.52. The predicted octanol–water partition coefficient (Wildman–Crippen LogP) is 3.95. The molecule has 2 aromatic carbocycles. The highest BCUT2D eigenvalue weighted by atomic mass is 35.5. The minimum absolute atomic E-state index is 0.253. The van der Waals surface area contributed by atoms with Crippen LogP contribution in [0.1, 0.15) is 23.6 Å². The molecule has 0 aromatic heterocycles. The molecule has 134 valence electrons. The van der Waals surface area contributed by atoms with Crippen molar-refractivity contribution in [3.8, 4) is 17.6 Å². The van der Waals surface area contributed by atoms with Crippen LogP contribution in [-0.4, -0.2) is 19.6 Å². The highest BCUT2D eigenvalue weighted by Gasteiger charge is 2.10. The average Bonchev–Trinajstić information content (AvgIpc) is 2.65. The molecule has 0 aliphatic carbocycles. The van der Waals surface area contributed by atoms with Crippen LogP contribution < -0.4 is 14.8 Å². The highest BCUT2D eigenvalue weighted by Crippen LogP contribution is 2.36. The minimum Gasteiger partial charge on any atom is -0.491 e. The van der Waals surface area contributed by atoms with Crippen molar-refractivity contribution >= 4 is 23.6 Å². The number of ether oxygens (including phenoxy) is 2. The predicted molar refractivity (Wildman–Crippen MR) is 101 cm³/mol. The zero-order chi connectivity index (χ0) is 18.9. The van der Waals surface area contributed by atoms with Gasteiger partial charge in [-0.05, 0) is 48.4 Å². The van der Waals surface area contributed by atoms with Crippen molar-refractivity contribution in [3.63, 3.8) is 0 Å². The molecule has 0 saturated heterocycles. The van der Waals surface area contributed by atoms with Crippen LogP contribution in [-0.2, 0) is 11.3 Å². The maximum Gasteiger partial charge on any atom is 0.244 e. The Hall–Kier alpha value is -2.97. The zero-order valence-electron chi connectivity index (χ0n) is 14.6. The van der Waals surface area contributed by atoms with E-state index >= 15 is 0 Å². The average molecular weight is 371 g/mol. The van der Waals surface area contributed by atoms with E-state index in [1.165, 1.54) is 13.2 Å². The monoisotopic (exact) mass is 370 g/mol. The second-order valence-corrected chi connectivity index (χ2v) is 5.74. The summed E-state index contributed by atoms with van der Waals surface area (Å²) in [5.74, 6) is 0.737. The molecule has 5 nitrogen and oxygen atoms in total. The summed E-state index contributed by atoms with van der Waals surface area (Å²) in [6, 6.07) is 12.6. The molecule has 0 aliphatic heterocycles. The van der Waals surface area contributed by atoms with Gasteiger partial charge in [-0.15, -0.1) is 0 Å². The third-order valence-corrected chi connectivity index (χ3v) is 3.77. The van der Waals surface area contributed by atoms with Gasteiger partial charge in [-0.1, -0.05) is 23.7 Å². The number of amides is 1. The number of benzene rings is 2. The Morgan fingerprint density at radius 1 is 1.35 bits per heavy atom. The summed E-state index contributed by atoms with van der Waals surface area (Å²) in [4.78, 5) is 12.0. The fourth-order valence-corrected chi connectivity index (χ4v) is 2.61. The van der Waals surface area contributed by atoms with Crippen molar-refractivity contribution in [2.24, 2.45) is 0 Å². The number of hydrogen-bond donors (Lipinski definition) is 1. The molecule has 0 radical (unpaired) electrons. The Bertz CT molecular complexity index is 857. The van der Waals surface area contributed by atoms with E-state index in [9.17, 15) is 4.79 Å². The minimum atomic E-state index is -0.253. The number of halogens is 1. The van der Waals surface area contributed by atoms with Crippen LogP contribution in [0.15, 0.2) is 42.5 Å². The Kier molecular flexibility index (Phi) is 7.07. The standard InChI is InChI=1S/C20H19ClN2O3/c1-3-26-18-11-14(10-17(21)20(18)25-2)7-8-19(24)23-13-16-6-4-5-15(9-16)12-22/h4-11H,3,13H2,1-2H3,(H,23,24)/b8-7+. The van der Waals surface area contributed by atoms with Crippen LogP contribution in [0, 0.1) is 11.3 Å². The first-order chi connectivity index (χ1) is 12.6. The molecular weight excluding hydrogens is 352 g/mol. The van der Waals surface area contributed by atoms with Gasteiger partial charge in [-0.2, -0.15) is 5.26 Å². The molecule has 1 amide bonds. The maximum atomic E-state index is 12.0. The maximum absolute atomic E-state index is 12.0. The molecule has 0 aliphatic rings. The summed E-state index contributed by atoms with van der Waals surface area (Å²) in [6.45, 7) is 2.68. The lowest BCUT2D eigenvalue weighted by atomic mass is 10.1. The van der Waals surface area contributed by atoms with E-state index < -0.39 is 0 Å². The lowest BCUT2D eigenvalue weighted by Crippen LogP contribution is -2.20. The van der Waals surface area contributed by atoms with E-state index in [-0.39, 0.29) is 5.91 Å². The largest absolute Gasteiger partial charge is 0.491 e. The van der Waals surface area contributed by atoms with Gasteiger partial charge in [-0.3, -0.25) is 4.79 Å². The second kappa shape index (κ2) is 9.50. The molecular formula is C20H19ClN2O3. The number of hydrogen-bond acceptors (Lipinski definition) is 4. The SMILES string of the molecule is CCOc1cc(/C=C/C(=O)NCc2cccc(C#N)c2)cc(Cl)c1OC. The summed E-state index contributed by atoms with van der Waals surface area (Å²) in [6.07, 6.45) is 3.07. The Morgan fingerprint density at radius 3 is 2.85 bits per heavy atom. The summed E-state index contributed by atoms with van der Waals surface area (Å²) in [5, 5.41) is 12.1. The van der Waals surface area contributed by atoms with E-state index in [4.69, 9.17) is 26.3 Å². The van der Waals surface area contributed by atoms with Crippen molar-refractivity contribution in [1.82, 2.24) is 5.32 Å². The van der Waals surface area contributed by atoms with Gasteiger partial charge in [0.15, 0.2) is 11.5 Å². The second-order valence-electron chi connectivity index (χ2n) is 5.33. The first-order valence-electron chi connectivity index (χ1n) is 8.02. The molecule has 0 atom stereocenters. The molecule has 0 spiro atoms. The number of carbonyl (C=O) groups excluding carboxylic acids is 1. The van der Waals surface area contributed by atoms with Crippen molar-refractivity contribution in [2.75, 3.05) is 13.7 Å². The molecule has 6 heteroatoms. The van der Waals surface area contributed by atoms with Gasteiger partial charge >= 0.3 is 0 Å². The van der Waals surface area contributed by atoms with Gasteiger partial charge < -0.3 is 14.8 Å². The van der Waals surface area contributed by atoms with Crippen molar-refractivity contribution in [2.45, 2.75) is 13.5 Å². The van der Waals surface area contributed by atoms with E-state index in [0.717, 1.165) is 11.1 Å². The molecule has 2 rings (SSSR count). The fraction of sp³-hybridized carbons (Fsp3) is 0.200. The summed E-state index contributed by atoms with van der Waals surface area (Å²) in [5.41, 5.74) is 2.14. The topological polar surface area (TPSA) is 71.3 Å². The molecule has 0 bridgehead atoms. The van der Waals surface area contributed by atoms with Crippen molar-refractivity contribution in [1.29, 1.82) is 5.26 Å². The van der Waals surface area contributed by atoms with Gasteiger partial charge in [0, 0.05) is 12.6 Å². The number of methoxy groups -OCH3 is 1. The van der Waals surface area contributed by atoms with Gasteiger partial charge in [0.1, 0.15) is 0 Å². The normalized spacial score (nSPS) is 10.4. The van der Waals surface area contributed by atoms with Crippen molar-refractivity contribution < 1.29 is 14.3 Å². The lowest BCUT2D eigenvalue weighted by molar-refractivity contribution is -0.116. The highest BCUT2D eigenvalue weighted by molar-refractivity contribution is 6.32. The fourth-order valence-electron chi connectivity index (χ4n) is 2.32. The summed E-state index contributed by atoms with van der Waals surface area (Å²) < 4.78 is 10.7. The van der Waals surface area contributed by atoms with Gasteiger partial charge in [0.05, 0.1) is 30.4 Å². The molecule has 2 aromatic rings. The van der Waals surface area contributed by atoms with Crippen LogP contribution in [0.4, 0.5) is 0 Å². The number of rotatable bonds is 7. The Morgan fingerprint density at radius 2 is 2.15 bits per heavy atom. The van der Waals surface area contributed by atoms with E-state index in [1.54, 1.807) is 36.4 Å². The Balaban J connectivity index is 2.04. The zero-order valence-corrected chi connectivity index (χ0v) is 15.3. The third kappa shape index (κ3) is 5.27. The molecule has 0 unspecified atom stereocenters. The van der Waals surface area contributed by atoms with Crippen molar-refractivity contribution in [3.05, 3.63) is 64.2 Å².